The van der Waals surface area contributed by atoms with Crippen molar-refractivity contribution in [3.8, 4) is 0 Å². The van der Waals surface area contributed by atoms with Crippen molar-refractivity contribution in [2.75, 3.05) is 13.2 Å². The number of amides is 1. The van der Waals surface area contributed by atoms with Crippen LogP contribution in [0.4, 0.5) is 0 Å². The molecular formula is C19H21NO4. The quantitative estimate of drug-likeness (QED) is 0.625. The van der Waals surface area contributed by atoms with E-state index >= 15 is 0 Å². The van der Waals surface area contributed by atoms with Crippen LogP contribution in [0.25, 0.3) is 0 Å². The summed E-state index contributed by atoms with van der Waals surface area (Å²) in [7, 11) is 0. The molecule has 0 aromatic heterocycles. The maximum atomic E-state index is 13.0. The summed E-state index contributed by atoms with van der Waals surface area (Å²) in [5.41, 5.74) is 1.61. The van der Waals surface area contributed by atoms with Crippen molar-refractivity contribution >= 4 is 11.9 Å². The second-order valence-electron chi connectivity index (χ2n) is 6.83. The molecule has 1 spiro atoms. The first-order chi connectivity index (χ1) is 11.5. The molecule has 5 heteroatoms. The van der Waals surface area contributed by atoms with Crippen LogP contribution in [0.15, 0.2) is 36.4 Å². The summed E-state index contributed by atoms with van der Waals surface area (Å²) in [6.45, 7) is 5.15. The summed E-state index contributed by atoms with van der Waals surface area (Å²) in [5, 5.41) is 0. The number of esters is 1. The molecule has 2 bridgehead atoms. The largest absolute Gasteiger partial charge is 0.466 e. The van der Waals surface area contributed by atoms with Crippen LogP contribution in [0.1, 0.15) is 18.1 Å². The van der Waals surface area contributed by atoms with Crippen LogP contribution in [0.3, 0.4) is 0 Å². The number of aryl methyl sites for hydroxylation is 1. The van der Waals surface area contributed by atoms with Gasteiger partial charge in [-0.15, -0.1) is 0 Å². The summed E-state index contributed by atoms with van der Waals surface area (Å²) in [5.74, 6) is -1.33. The Morgan fingerprint density at radius 1 is 1.38 bits per heavy atom. The normalized spacial score (nSPS) is 33.2. The molecule has 4 atom stereocenters. The van der Waals surface area contributed by atoms with E-state index in [1.165, 1.54) is 5.56 Å². The molecule has 0 N–H and O–H groups in total. The zero-order chi connectivity index (χ0) is 16.9. The van der Waals surface area contributed by atoms with Crippen LogP contribution in [0.5, 0.6) is 0 Å². The number of carbonyl (C=O) groups excluding carboxylic acids is 2. The van der Waals surface area contributed by atoms with E-state index in [4.69, 9.17) is 9.47 Å². The standard InChI is InChI=1S/C19H21NO4/c1-3-23-18(22)15-14-8-9-19(24-14)11-20(17(21)16(15)19)10-13-6-4-12(2)5-7-13/h4-9,14-16H,3,10-11H2,1-2H3/t14-,15+,16-,19+/m1/s1. The van der Waals surface area contributed by atoms with Crippen molar-refractivity contribution in [1.29, 1.82) is 0 Å². The van der Waals surface area contributed by atoms with Gasteiger partial charge < -0.3 is 14.4 Å². The Kier molecular flexibility index (Phi) is 3.49. The molecule has 3 aliphatic rings. The number of hydrogen-bond acceptors (Lipinski definition) is 4. The van der Waals surface area contributed by atoms with E-state index < -0.39 is 17.4 Å². The predicted octanol–water partition coefficient (Wildman–Crippen LogP) is 1.84. The van der Waals surface area contributed by atoms with E-state index in [1.807, 2.05) is 43.3 Å². The van der Waals surface area contributed by atoms with E-state index in [2.05, 4.69) is 0 Å². The average molecular weight is 327 g/mol. The zero-order valence-electron chi connectivity index (χ0n) is 13.9. The van der Waals surface area contributed by atoms with E-state index in [9.17, 15) is 9.59 Å². The average Bonchev–Trinajstić information content (AvgIpc) is 3.19. The van der Waals surface area contributed by atoms with Gasteiger partial charge >= 0.3 is 5.97 Å². The van der Waals surface area contributed by atoms with Gasteiger partial charge in [0.2, 0.25) is 5.91 Å². The lowest BCUT2D eigenvalue weighted by Gasteiger charge is -2.22. The number of carbonyl (C=O) groups is 2. The molecule has 24 heavy (non-hydrogen) atoms. The minimum Gasteiger partial charge on any atom is -0.466 e. The monoisotopic (exact) mass is 327 g/mol. The highest BCUT2D eigenvalue weighted by atomic mass is 16.6. The van der Waals surface area contributed by atoms with Gasteiger partial charge in [-0.3, -0.25) is 9.59 Å². The van der Waals surface area contributed by atoms with E-state index in [0.717, 1.165) is 5.56 Å². The van der Waals surface area contributed by atoms with E-state index in [-0.39, 0.29) is 18.0 Å². The molecule has 2 fully saturated rings. The van der Waals surface area contributed by atoms with E-state index in [1.54, 1.807) is 11.8 Å². The van der Waals surface area contributed by atoms with Crippen LogP contribution in [-0.4, -0.2) is 41.6 Å². The van der Waals surface area contributed by atoms with Crippen molar-refractivity contribution in [1.82, 2.24) is 4.90 Å². The number of benzene rings is 1. The number of nitrogens with zero attached hydrogens (tertiary/aromatic N) is 1. The number of rotatable bonds is 4. The van der Waals surface area contributed by atoms with Gasteiger partial charge in [0.15, 0.2) is 0 Å². The number of ether oxygens (including phenoxy) is 2. The molecule has 1 aromatic carbocycles. The third kappa shape index (κ3) is 2.18. The summed E-state index contributed by atoms with van der Waals surface area (Å²) in [6, 6.07) is 8.15. The predicted molar refractivity (Wildman–Crippen MR) is 87.0 cm³/mol. The molecule has 0 unspecified atom stereocenters. The van der Waals surface area contributed by atoms with Crippen molar-refractivity contribution in [3.05, 3.63) is 47.5 Å². The van der Waals surface area contributed by atoms with Gasteiger partial charge in [0.1, 0.15) is 11.5 Å². The first kappa shape index (κ1) is 15.4. The van der Waals surface area contributed by atoms with Crippen molar-refractivity contribution < 1.29 is 19.1 Å². The lowest BCUT2D eigenvalue weighted by atomic mass is 9.77. The summed E-state index contributed by atoms with van der Waals surface area (Å²) in [6.07, 6.45) is 3.53. The third-order valence-electron chi connectivity index (χ3n) is 5.23. The number of hydrogen-bond donors (Lipinski definition) is 0. The molecule has 5 nitrogen and oxygen atoms in total. The van der Waals surface area contributed by atoms with Gasteiger partial charge in [-0.05, 0) is 19.4 Å². The molecule has 3 heterocycles. The lowest BCUT2D eigenvalue weighted by molar-refractivity contribution is -0.153. The fourth-order valence-corrected chi connectivity index (χ4v) is 4.13. The Morgan fingerprint density at radius 3 is 2.83 bits per heavy atom. The Hall–Kier alpha value is -2.14. The molecule has 3 aliphatic heterocycles. The van der Waals surface area contributed by atoms with Gasteiger partial charge in [-0.25, -0.2) is 0 Å². The Balaban J connectivity index is 1.58. The van der Waals surface area contributed by atoms with Crippen LogP contribution in [0, 0.1) is 18.8 Å². The van der Waals surface area contributed by atoms with Crippen LogP contribution >= 0.6 is 0 Å². The molecule has 0 saturated carbocycles. The molecule has 0 aliphatic carbocycles. The number of fused-ring (bicyclic) bond motifs is 1. The van der Waals surface area contributed by atoms with Gasteiger partial charge in [0.05, 0.1) is 25.2 Å². The van der Waals surface area contributed by atoms with Gasteiger partial charge in [-0.2, -0.15) is 0 Å². The van der Waals surface area contributed by atoms with Crippen LogP contribution < -0.4 is 0 Å². The molecule has 126 valence electrons. The Morgan fingerprint density at radius 2 is 2.12 bits per heavy atom. The van der Waals surface area contributed by atoms with Crippen molar-refractivity contribution in [3.63, 3.8) is 0 Å². The van der Waals surface area contributed by atoms with Gasteiger partial charge in [-0.1, -0.05) is 42.0 Å². The highest BCUT2D eigenvalue weighted by Crippen LogP contribution is 2.52. The van der Waals surface area contributed by atoms with Crippen molar-refractivity contribution in [2.24, 2.45) is 11.8 Å². The second-order valence-corrected chi connectivity index (χ2v) is 6.83. The third-order valence-corrected chi connectivity index (χ3v) is 5.23. The minimum absolute atomic E-state index is 0.0134. The molecule has 4 rings (SSSR count). The highest BCUT2D eigenvalue weighted by Gasteiger charge is 2.67. The SMILES string of the molecule is CCOC(=O)[C@H]1[C@H]2C=C[C@@]3(CN(Cc4ccc(C)cc4)C(=O)[C@@H]13)O2. The maximum absolute atomic E-state index is 13.0. The van der Waals surface area contributed by atoms with Crippen LogP contribution in [-0.2, 0) is 25.6 Å². The summed E-state index contributed by atoms with van der Waals surface area (Å²) in [4.78, 5) is 27.1. The number of likely N-dealkylation sites (tertiary alicyclic amines) is 1. The minimum atomic E-state index is -0.663. The van der Waals surface area contributed by atoms with Crippen LogP contribution in [0.2, 0.25) is 0 Å². The van der Waals surface area contributed by atoms with Gasteiger partial charge in [0.25, 0.3) is 0 Å². The molecule has 1 aromatic rings. The van der Waals surface area contributed by atoms with Crippen molar-refractivity contribution in [2.45, 2.75) is 32.1 Å². The fraction of sp³-hybridized carbons (Fsp3) is 0.474. The zero-order valence-corrected chi connectivity index (χ0v) is 13.9. The Labute approximate surface area is 141 Å². The van der Waals surface area contributed by atoms with E-state index in [0.29, 0.717) is 19.7 Å². The van der Waals surface area contributed by atoms with Gasteiger partial charge in [0, 0.05) is 6.54 Å². The lowest BCUT2D eigenvalue weighted by Crippen LogP contribution is -2.40. The topological polar surface area (TPSA) is 55.8 Å². The summed E-state index contributed by atoms with van der Waals surface area (Å²) >= 11 is 0. The smallest absolute Gasteiger partial charge is 0.312 e. The molecule has 0 radical (unpaired) electrons. The molecule has 2 saturated heterocycles. The molecule has 1 amide bonds. The second kappa shape index (κ2) is 5.45. The summed E-state index contributed by atoms with van der Waals surface area (Å²) < 4.78 is 11.2. The first-order valence-corrected chi connectivity index (χ1v) is 8.42. The first-order valence-electron chi connectivity index (χ1n) is 8.42. The Bertz CT molecular complexity index is 711. The maximum Gasteiger partial charge on any atom is 0.312 e. The fourth-order valence-electron chi connectivity index (χ4n) is 4.13. The highest BCUT2D eigenvalue weighted by molar-refractivity contribution is 5.91. The molecular weight excluding hydrogens is 306 g/mol.